The molecule has 2 atom stereocenters. The molecule has 2 saturated heterocycles. The minimum absolute atomic E-state index is 0.414. The predicted octanol–water partition coefficient (Wildman–Crippen LogP) is 0.902. The van der Waals surface area contributed by atoms with E-state index in [-0.39, 0.29) is 0 Å². The Hall–Kier alpha value is -2.81. The van der Waals surface area contributed by atoms with Crippen LogP contribution in [0.1, 0.15) is 5.56 Å². The number of urea groups is 1. The lowest BCUT2D eigenvalue weighted by molar-refractivity contribution is -0.148. The molecule has 10 heteroatoms. The third-order valence-electron chi connectivity index (χ3n) is 5.36. The summed E-state index contributed by atoms with van der Waals surface area (Å²) < 4.78 is 4.61. The van der Waals surface area contributed by atoms with Crippen molar-refractivity contribution in [2.24, 2.45) is 4.99 Å². The quantitative estimate of drug-likeness (QED) is 0.695. The van der Waals surface area contributed by atoms with E-state index in [0.29, 0.717) is 24.1 Å². The second-order valence-electron chi connectivity index (χ2n) is 6.96. The number of esters is 1. The highest BCUT2D eigenvalue weighted by Gasteiger charge is 2.55. The van der Waals surface area contributed by atoms with Crippen molar-refractivity contribution in [1.82, 2.24) is 14.7 Å². The molecule has 4 rings (SSSR count). The summed E-state index contributed by atoms with van der Waals surface area (Å²) in [5, 5.41) is 0.652. The molecular formula is C18H20ClN5O4. The molecule has 9 nitrogen and oxygen atoms in total. The molecule has 3 aliphatic heterocycles. The number of hydrogen-bond acceptors (Lipinski definition) is 7. The minimum atomic E-state index is -0.659. The van der Waals surface area contributed by atoms with Crippen molar-refractivity contribution in [3.05, 3.63) is 28.8 Å². The van der Waals surface area contributed by atoms with Gasteiger partial charge in [0.15, 0.2) is 12.2 Å². The van der Waals surface area contributed by atoms with Gasteiger partial charge in [0.1, 0.15) is 6.54 Å². The molecule has 3 amide bonds. The Morgan fingerprint density at radius 3 is 2.75 bits per heavy atom. The van der Waals surface area contributed by atoms with Crippen LogP contribution in [0.2, 0.25) is 5.02 Å². The molecule has 0 radical (unpaired) electrons. The Labute approximate surface area is 167 Å². The Kier molecular flexibility index (Phi) is 4.41. The van der Waals surface area contributed by atoms with Crippen molar-refractivity contribution in [2.45, 2.75) is 19.1 Å². The van der Waals surface area contributed by atoms with Gasteiger partial charge in [0.25, 0.3) is 5.91 Å². The predicted molar refractivity (Wildman–Crippen MR) is 102 cm³/mol. The number of carbonyl (C=O) groups is 3. The third-order valence-corrected chi connectivity index (χ3v) is 5.77. The maximum Gasteiger partial charge on any atom is 0.328 e. The average Bonchev–Trinajstić information content (AvgIpc) is 3.24. The first-order valence-electron chi connectivity index (χ1n) is 8.86. The molecule has 0 aromatic heterocycles. The van der Waals surface area contributed by atoms with Gasteiger partial charge in [-0.15, -0.1) is 0 Å². The smallest absolute Gasteiger partial charge is 0.328 e. The number of methoxy groups -OCH3 is 1. The summed E-state index contributed by atoms with van der Waals surface area (Å²) in [6.07, 6.45) is -0.632. The number of imide groups is 1. The SMILES string of the molecule is COC(=O)CN1C(=O)C2C(N=C3N(c4ccc(C)c(Cl)c4)CCN32)N(C)C1=O. The number of ether oxygens (including phenoxy) is 1. The number of fused-ring (bicyclic) bond motifs is 3. The van der Waals surface area contributed by atoms with Crippen molar-refractivity contribution in [2.75, 3.05) is 38.7 Å². The zero-order valence-corrected chi connectivity index (χ0v) is 16.5. The minimum Gasteiger partial charge on any atom is -0.468 e. The molecular weight excluding hydrogens is 386 g/mol. The van der Waals surface area contributed by atoms with Gasteiger partial charge in [-0.25, -0.2) is 9.79 Å². The summed E-state index contributed by atoms with van der Waals surface area (Å²) in [4.78, 5) is 48.1. The first kappa shape index (κ1) is 18.5. The molecule has 3 heterocycles. The maximum atomic E-state index is 13.0. The van der Waals surface area contributed by atoms with Crippen LogP contribution in [-0.4, -0.2) is 84.6 Å². The monoisotopic (exact) mass is 405 g/mol. The van der Waals surface area contributed by atoms with E-state index in [1.807, 2.05) is 34.9 Å². The van der Waals surface area contributed by atoms with Crippen LogP contribution >= 0.6 is 11.6 Å². The molecule has 0 bridgehead atoms. The van der Waals surface area contributed by atoms with Gasteiger partial charge in [-0.3, -0.25) is 14.5 Å². The summed E-state index contributed by atoms with van der Waals surface area (Å²) in [6.45, 7) is 2.73. The van der Waals surface area contributed by atoms with Crippen LogP contribution in [0, 0.1) is 6.92 Å². The van der Waals surface area contributed by atoms with Crippen LogP contribution in [0.3, 0.4) is 0 Å². The largest absolute Gasteiger partial charge is 0.468 e. The molecule has 2 fully saturated rings. The lowest BCUT2D eigenvalue weighted by Gasteiger charge is -2.40. The van der Waals surface area contributed by atoms with Crippen LogP contribution in [0.25, 0.3) is 0 Å². The highest BCUT2D eigenvalue weighted by molar-refractivity contribution is 6.31. The fraction of sp³-hybridized carbons (Fsp3) is 0.444. The number of nitrogens with zero attached hydrogens (tertiary/aromatic N) is 5. The fourth-order valence-corrected chi connectivity index (χ4v) is 3.94. The normalized spacial score (nSPS) is 23.8. The number of anilines is 1. The van der Waals surface area contributed by atoms with Crippen LogP contribution in [0.15, 0.2) is 23.2 Å². The number of aliphatic imine (C=N–C) groups is 1. The molecule has 28 heavy (non-hydrogen) atoms. The summed E-state index contributed by atoms with van der Waals surface area (Å²) in [5.41, 5.74) is 1.85. The molecule has 1 aromatic rings. The first-order valence-corrected chi connectivity index (χ1v) is 9.24. The topological polar surface area (TPSA) is 85.8 Å². The van der Waals surface area contributed by atoms with Crippen molar-refractivity contribution < 1.29 is 19.1 Å². The van der Waals surface area contributed by atoms with Gasteiger partial charge >= 0.3 is 12.0 Å². The van der Waals surface area contributed by atoms with Crippen LogP contribution < -0.4 is 4.90 Å². The van der Waals surface area contributed by atoms with Crippen LogP contribution in [0.4, 0.5) is 10.5 Å². The second-order valence-corrected chi connectivity index (χ2v) is 7.37. The number of hydrogen-bond donors (Lipinski definition) is 0. The van der Waals surface area contributed by atoms with E-state index < -0.39 is 36.7 Å². The summed E-state index contributed by atoms with van der Waals surface area (Å²) >= 11 is 6.27. The van der Waals surface area contributed by atoms with E-state index >= 15 is 0 Å². The Morgan fingerprint density at radius 2 is 2.07 bits per heavy atom. The van der Waals surface area contributed by atoms with E-state index in [4.69, 9.17) is 11.6 Å². The highest BCUT2D eigenvalue weighted by Crippen LogP contribution is 2.34. The van der Waals surface area contributed by atoms with E-state index in [2.05, 4.69) is 9.73 Å². The zero-order valence-electron chi connectivity index (χ0n) is 15.8. The Balaban J connectivity index is 1.65. The van der Waals surface area contributed by atoms with Crippen LogP contribution in [-0.2, 0) is 14.3 Å². The van der Waals surface area contributed by atoms with E-state index in [1.54, 1.807) is 7.05 Å². The number of guanidine groups is 1. The van der Waals surface area contributed by atoms with Crippen molar-refractivity contribution in [1.29, 1.82) is 0 Å². The van der Waals surface area contributed by atoms with E-state index in [0.717, 1.165) is 16.2 Å². The number of likely N-dealkylation sites (N-methyl/N-ethyl adjacent to an activating group) is 1. The number of amides is 3. The van der Waals surface area contributed by atoms with Gasteiger partial charge in [-0.05, 0) is 24.6 Å². The van der Waals surface area contributed by atoms with Gasteiger partial charge in [0, 0.05) is 30.8 Å². The van der Waals surface area contributed by atoms with Gasteiger partial charge in [-0.2, -0.15) is 0 Å². The second kappa shape index (κ2) is 6.66. The molecule has 1 aromatic carbocycles. The Morgan fingerprint density at radius 1 is 1.32 bits per heavy atom. The van der Waals surface area contributed by atoms with Crippen molar-refractivity contribution in [3.63, 3.8) is 0 Å². The van der Waals surface area contributed by atoms with Crippen molar-refractivity contribution >= 4 is 41.2 Å². The number of aryl methyl sites for hydroxylation is 1. The van der Waals surface area contributed by atoms with Crippen molar-refractivity contribution in [3.8, 4) is 0 Å². The van der Waals surface area contributed by atoms with Gasteiger partial charge in [0.2, 0.25) is 5.96 Å². The average molecular weight is 406 g/mol. The number of halogens is 1. The Bertz CT molecular complexity index is 904. The molecule has 3 aliphatic rings. The summed E-state index contributed by atoms with van der Waals surface area (Å²) in [5.74, 6) is -0.464. The molecule has 148 valence electrons. The number of benzene rings is 1. The molecule has 2 unspecified atom stereocenters. The summed E-state index contributed by atoms with van der Waals surface area (Å²) in [6, 6.07) is 4.53. The van der Waals surface area contributed by atoms with Gasteiger partial charge in [-0.1, -0.05) is 17.7 Å². The van der Waals surface area contributed by atoms with E-state index in [1.165, 1.54) is 12.0 Å². The lowest BCUT2D eigenvalue weighted by atomic mass is 10.1. The summed E-state index contributed by atoms with van der Waals surface area (Å²) in [7, 11) is 2.80. The molecule has 0 saturated carbocycles. The number of rotatable bonds is 3. The fourth-order valence-electron chi connectivity index (χ4n) is 3.77. The lowest BCUT2D eigenvalue weighted by Crippen LogP contribution is -2.65. The third kappa shape index (κ3) is 2.69. The standard InChI is InChI=1S/C18H20ClN5O4/c1-10-4-5-11(8-12(10)19)22-6-7-23-14-15(20-17(22)23)21(2)18(27)24(16(14)26)9-13(25)28-3/h4-5,8,14-15H,6-7,9H2,1-3H3. The zero-order chi connectivity index (χ0) is 20.2. The maximum absolute atomic E-state index is 13.0. The van der Waals surface area contributed by atoms with Gasteiger partial charge in [0.05, 0.1) is 7.11 Å². The number of carbonyl (C=O) groups excluding carboxylic acids is 3. The molecule has 0 spiro atoms. The molecule has 0 N–H and O–H groups in total. The van der Waals surface area contributed by atoms with E-state index in [9.17, 15) is 14.4 Å². The molecule has 0 aliphatic carbocycles. The van der Waals surface area contributed by atoms with Crippen LogP contribution in [0.5, 0.6) is 0 Å². The highest BCUT2D eigenvalue weighted by atomic mass is 35.5. The van der Waals surface area contributed by atoms with Gasteiger partial charge < -0.3 is 19.4 Å². The first-order chi connectivity index (χ1) is 13.3.